The molecular formula is C21H19FN2O2. The van der Waals surface area contributed by atoms with Crippen molar-refractivity contribution in [3.05, 3.63) is 77.2 Å². The smallest absolute Gasteiger partial charge is 0.276 e. The lowest BCUT2D eigenvalue weighted by molar-refractivity contribution is 0.0725. The van der Waals surface area contributed by atoms with Gasteiger partial charge >= 0.3 is 0 Å². The molecule has 132 valence electrons. The minimum atomic E-state index is -0.317. The number of amides is 1. The van der Waals surface area contributed by atoms with Crippen LogP contribution < -0.4 is 0 Å². The van der Waals surface area contributed by atoms with Crippen LogP contribution in [0.4, 0.5) is 4.39 Å². The van der Waals surface area contributed by atoms with Crippen LogP contribution >= 0.6 is 0 Å². The highest BCUT2D eigenvalue weighted by Gasteiger charge is 2.32. The molecule has 1 saturated heterocycles. The van der Waals surface area contributed by atoms with Gasteiger partial charge in [0.1, 0.15) is 5.82 Å². The van der Waals surface area contributed by atoms with Crippen LogP contribution in [0.5, 0.6) is 0 Å². The van der Waals surface area contributed by atoms with Crippen molar-refractivity contribution in [2.45, 2.75) is 25.8 Å². The molecule has 1 unspecified atom stereocenters. The molecule has 1 aliphatic heterocycles. The number of aromatic nitrogens is 1. The minimum Gasteiger partial charge on any atom is -0.355 e. The molecule has 1 fully saturated rings. The number of halogens is 1. The predicted molar refractivity (Wildman–Crippen MR) is 96.1 cm³/mol. The summed E-state index contributed by atoms with van der Waals surface area (Å²) in [7, 11) is 0. The average molecular weight is 350 g/mol. The summed E-state index contributed by atoms with van der Waals surface area (Å²) in [6, 6.07) is 15.9. The van der Waals surface area contributed by atoms with E-state index in [0.717, 1.165) is 18.4 Å². The highest BCUT2D eigenvalue weighted by Crippen LogP contribution is 2.33. The Morgan fingerprint density at radius 2 is 1.88 bits per heavy atom. The minimum absolute atomic E-state index is 0.0640. The number of benzene rings is 2. The Morgan fingerprint density at radius 1 is 1.15 bits per heavy atom. The molecule has 4 nitrogen and oxygen atoms in total. The van der Waals surface area contributed by atoms with Gasteiger partial charge in [0.2, 0.25) is 0 Å². The van der Waals surface area contributed by atoms with E-state index in [9.17, 15) is 9.18 Å². The zero-order valence-corrected chi connectivity index (χ0v) is 14.5. The van der Waals surface area contributed by atoms with Crippen molar-refractivity contribution in [2.75, 3.05) is 6.54 Å². The molecule has 2 heterocycles. The molecule has 0 aliphatic carbocycles. The Bertz CT molecular complexity index is 916. The second-order valence-corrected chi connectivity index (χ2v) is 6.65. The molecule has 5 heteroatoms. The van der Waals surface area contributed by atoms with E-state index in [4.69, 9.17) is 4.52 Å². The van der Waals surface area contributed by atoms with Crippen molar-refractivity contribution in [1.82, 2.24) is 10.1 Å². The third-order valence-corrected chi connectivity index (χ3v) is 4.83. The van der Waals surface area contributed by atoms with Crippen molar-refractivity contribution in [1.29, 1.82) is 0 Å². The molecule has 0 N–H and O–H groups in total. The summed E-state index contributed by atoms with van der Waals surface area (Å²) in [6.45, 7) is 2.75. The van der Waals surface area contributed by atoms with Gasteiger partial charge in [-0.05, 0) is 49.6 Å². The number of nitrogens with zero attached hydrogens (tertiary/aromatic N) is 2. The van der Waals surface area contributed by atoms with Crippen molar-refractivity contribution in [3.8, 4) is 11.3 Å². The van der Waals surface area contributed by atoms with Gasteiger partial charge in [-0.15, -0.1) is 0 Å². The van der Waals surface area contributed by atoms with Gasteiger partial charge < -0.3 is 9.42 Å². The third-order valence-electron chi connectivity index (χ3n) is 4.83. The lowest BCUT2D eigenvalue weighted by Crippen LogP contribution is -2.30. The van der Waals surface area contributed by atoms with Crippen LogP contribution in [0, 0.1) is 12.7 Å². The number of hydrogen-bond donors (Lipinski definition) is 0. The molecule has 0 bridgehead atoms. The summed E-state index contributed by atoms with van der Waals surface area (Å²) in [6.07, 6.45) is 1.91. The van der Waals surface area contributed by atoms with Crippen molar-refractivity contribution >= 4 is 5.91 Å². The van der Waals surface area contributed by atoms with Crippen LogP contribution in [0.15, 0.2) is 59.1 Å². The van der Waals surface area contributed by atoms with Gasteiger partial charge in [0.25, 0.3) is 5.91 Å². The van der Waals surface area contributed by atoms with Crippen LogP contribution in [-0.4, -0.2) is 22.5 Å². The summed E-state index contributed by atoms with van der Waals surface area (Å²) in [5, 5.41) is 3.94. The molecule has 1 aliphatic rings. The highest BCUT2D eigenvalue weighted by atomic mass is 19.1. The number of hydrogen-bond acceptors (Lipinski definition) is 3. The first kappa shape index (κ1) is 16.5. The Balaban J connectivity index is 1.57. The summed E-state index contributed by atoms with van der Waals surface area (Å²) in [5.74, 6) is 0.00666. The number of carbonyl (C=O) groups is 1. The summed E-state index contributed by atoms with van der Waals surface area (Å²) in [5.41, 5.74) is 3.31. The van der Waals surface area contributed by atoms with Crippen LogP contribution in [0.1, 0.15) is 40.5 Å². The quantitative estimate of drug-likeness (QED) is 0.684. The number of carbonyl (C=O) groups excluding carboxylic acids is 1. The van der Waals surface area contributed by atoms with Gasteiger partial charge in [-0.1, -0.05) is 35.0 Å². The van der Waals surface area contributed by atoms with E-state index >= 15 is 0 Å². The van der Waals surface area contributed by atoms with Crippen molar-refractivity contribution < 1.29 is 13.7 Å². The maximum atomic E-state index is 13.1. The number of rotatable bonds is 3. The normalized spacial score (nSPS) is 16.8. The lowest BCUT2D eigenvalue weighted by Gasteiger charge is -2.24. The average Bonchev–Trinajstić information content (AvgIpc) is 3.32. The Morgan fingerprint density at radius 3 is 2.62 bits per heavy atom. The topological polar surface area (TPSA) is 46.3 Å². The van der Waals surface area contributed by atoms with Crippen LogP contribution in [0.2, 0.25) is 0 Å². The van der Waals surface area contributed by atoms with Gasteiger partial charge in [-0.2, -0.15) is 0 Å². The van der Waals surface area contributed by atoms with Gasteiger partial charge in [0.15, 0.2) is 11.5 Å². The van der Waals surface area contributed by atoms with Gasteiger partial charge in [-0.25, -0.2) is 4.39 Å². The standard InChI is InChI=1S/C21H19FN2O2/c1-14-4-6-15(7-5-14)19-3-2-12-24(19)21(25)18-13-20(26-23-18)16-8-10-17(22)11-9-16/h4-11,13,19H,2-3,12H2,1H3. The number of likely N-dealkylation sites (tertiary alicyclic amines) is 1. The molecule has 26 heavy (non-hydrogen) atoms. The fourth-order valence-electron chi connectivity index (χ4n) is 3.42. The van der Waals surface area contributed by atoms with Crippen LogP contribution in [-0.2, 0) is 0 Å². The van der Waals surface area contributed by atoms with E-state index in [1.807, 2.05) is 11.8 Å². The van der Waals surface area contributed by atoms with Gasteiger partial charge in [-0.3, -0.25) is 4.79 Å². The molecule has 2 aromatic carbocycles. The van der Waals surface area contributed by atoms with Crippen molar-refractivity contribution in [2.24, 2.45) is 0 Å². The van der Waals surface area contributed by atoms with Crippen LogP contribution in [0.25, 0.3) is 11.3 Å². The Kier molecular flexibility index (Phi) is 4.29. The Hall–Kier alpha value is -2.95. The van der Waals surface area contributed by atoms with Gasteiger partial charge in [0, 0.05) is 18.2 Å². The molecule has 3 aromatic rings. The van der Waals surface area contributed by atoms with E-state index in [1.165, 1.54) is 17.7 Å². The SMILES string of the molecule is Cc1ccc(C2CCCN2C(=O)c2cc(-c3ccc(F)cc3)on2)cc1. The zero-order valence-electron chi connectivity index (χ0n) is 14.5. The third kappa shape index (κ3) is 3.12. The molecule has 1 amide bonds. The lowest BCUT2D eigenvalue weighted by atomic mass is 10.0. The molecule has 0 saturated carbocycles. The molecule has 4 rings (SSSR count). The Labute approximate surface area is 151 Å². The second-order valence-electron chi connectivity index (χ2n) is 6.65. The van der Waals surface area contributed by atoms with E-state index in [2.05, 4.69) is 29.4 Å². The van der Waals surface area contributed by atoms with E-state index in [1.54, 1.807) is 18.2 Å². The maximum Gasteiger partial charge on any atom is 0.276 e. The molecular weight excluding hydrogens is 331 g/mol. The first-order chi connectivity index (χ1) is 12.6. The van der Waals surface area contributed by atoms with E-state index < -0.39 is 0 Å². The highest BCUT2D eigenvalue weighted by molar-refractivity contribution is 5.93. The van der Waals surface area contributed by atoms with E-state index in [-0.39, 0.29) is 23.5 Å². The second kappa shape index (κ2) is 6.75. The zero-order chi connectivity index (χ0) is 18.1. The van der Waals surface area contributed by atoms with Crippen molar-refractivity contribution in [3.63, 3.8) is 0 Å². The fraction of sp³-hybridized carbons (Fsp3) is 0.238. The summed E-state index contributed by atoms with van der Waals surface area (Å²) >= 11 is 0. The number of aryl methyl sites for hydroxylation is 1. The first-order valence-corrected chi connectivity index (χ1v) is 8.72. The largest absolute Gasteiger partial charge is 0.355 e. The molecule has 1 aromatic heterocycles. The predicted octanol–water partition coefficient (Wildman–Crippen LogP) is 4.77. The monoisotopic (exact) mass is 350 g/mol. The van der Waals surface area contributed by atoms with Crippen LogP contribution in [0.3, 0.4) is 0 Å². The maximum absolute atomic E-state index is 13.1. The molecule has 0 radical (unpaired) electrons. The first-order valence-electron chi connectivity index (χ1n) is 8.72. The van der Waals surface area contributed by atoms with Gasteiger partial charge in [0.05, 0.1) is 6.04 Å². The fourth-order valence-corrected chi connectivity index (χ4v) is 3.42. The molecule has 0 spiro atoms. The summed E-state index contributed by atoms with van der Waals surface area (Å²) in [4.78, 5) is 14.8. The van der Waals surface area contributed by atoms with E-state index in [0.29, 0.717) is 17.9 Å². The molecule has 1 atom stereocenters. The summed E-state index contributed by atoms with van der Waals surface area (Å²) < 4.78 is 18.4.